The van der Waals surface area contributed by atoms with Crippen LogP contribution in [0.15, 0.2) is 42.5 Å². The van der Waals surface area contributed by atoms with E-state index in [-0.39, 0.29) is 6.04 Å². The van der Waals surface area contributed by atoms with Crippen molar-refractivity contribution in [2.75, 3.05) is 32.6 Å². The van der Waals surface area contributed by atoms with E-state index in [0.717, 1.165) is 18.8 Å². The second-order valence-electron chi connectivity index (χ2n) is 5.67. The highest BCUT2D eigenvalue weighted by Gasteiger charge is 2.17. The molecular formula is C18H22N2O. The van der Waals surface area contributed by atoms with Crippen molar-refractivity contribution in [1.29, 1.82) is 0 Å². The predicted molar refractivity (Wildman–Crippen MR) is 87.3 cm³/mol. The van der Waals surface area contributed by atoms with E-state index in [2.05, 4.69) is 66.8 Å². The van der Waals surface area contributed by atoms with Gasteiger partial charge in [-0.1, -0.05) is 24.3 Å². The van der Waals surface area contributed by atoms with Crippen LogP contribution < -0.4 is 15.0 Å². The molecule has 0 saturated heterocycles. The normalized spacial score (nSPS) is 14.4. The summed E-state index contributed by atoms with van der Waals surface area (Å²) < 4.78 is 5.59. The van der Waals surface area contributed by atoms with Crippen molar-refractivity contribution >= 4 is 5.69 Å². The molecule has 3 rings (SSSR count). The lowest BCUT2D eigenvalue weighted by Gasteiger charge is -2.19. The predicted octanol–water partition coefficient (Wildman–Crippen LogP) is 3.00. The zero-order chi connectivity index (χ0) is 14.8. The molecule has 110 valence electrons. The van der Waals surface area contributed by atoms with Gasteiger partial charge in [0.1, 0.15) is 5.75 Å². The van der Waals surface area contributed by atoms with Crippen LogP contribution in [0, 0.1) is 0 Å². The number of rotatable bonds is 4. The van der Waals surface area contributed by atoms with Crippen LogP contribution in [0.3, 0.4) is 0 Å². The average Bonchev–Trinajstić information content (AvgIpc) is 2.96. The number of nitrogens with zero attached hydrogens (tertiary/aromatic N) is 1. The molecule has 3 nitrogen and oxygen atoms in total. The van der Waals surface area contributed by atoms with E-state index in [4.69, 9.17) is 4.74 Å². The van der Waals surface area contributed by atoms with Gasteiger partial charge in [0.25, 0.3) is 0 Å². The number of anilines is 1. The van der Waals surface area contributed by atoms with Crippen LogP contribution in [0.4, 0.5) is 5.69 Å². The van der Waals surface area contributed by atoms with E-state index >= 15 is 0 Å². The molecule has 0 aliphatic carbocycles. The summed E-state index contributed by atoms with van der Waals surface area (Å²) in [7, 11) is 6.13. The maximum atomic E-state index is 5.59. The van der Waals surface area contributed by atoms with Gasteiger partial charge in [0.15, 0.2) is 0 Å². The number of hydrogen-bond acceptors (Lipinski definition) is 3. The van der Waals surface area contributed by atoms with E-state index in [1.807, 2.05) is 7.05 Å². The Morgan fingerprint density at radius 3 is 2.43 bits per heavy atom. The van der Waals surface area contributed by atoms with Crippen LogP contribution in [-0.4, -0.2) is 27.7 Å². The largest absolute Gasteiger partial charge is 0.493 e. The third-order valence-corrected chi connectivity index (χ3v) is 4.08. The van der Waals surface area contributed by atoms with E-state index in [9.17, 15) is 0 Å². The fourth-order valence-corrected chi connectivity index (χ4v) is 2.88. The fraction of sp³-hybridized carbons (Fsp3) is 0.333. The van der Waals surface area contributed by atoms with Crippen molar-refractivity contribution in [2.45, 2.75) is 12.5 Å². The summed E-state index contributed by atoms with van der Waals surface area (Å²) in [5, 5.41) is 3.42. The number of ether oxygens (including phenoxy) is 1. The summed E-state index contributed by atoms with van der Waals surface area (Å²) in [4.78, 5) is 2.12. The molecule has 2 aromatic rings. The highest BCUT2D eigenvalue weighted by atomic mass is 16.5. The number of fused-ring (bicyclic) bond motifs is 1. The molecule has 1 atom stereocenters. The monoisotopic (exact) mass is 282 g/mol. The van der Waals surface area contributed by atoms with Gasteiger partial charge in [-0.2, -0.15) is 0 Å². The maximum Gasteiger partial charge on any atom is 0.122 e. The summed E-state index contributed by atoms with van der Waals surface area (Å²) in [6.45, 7) is 0.806. The van der Waals surface area contributed by atoms with Gasteiger partial charge in [-0.25, -0.2) is 0 Å². The minimum Gasteiger partial charge on any atom is -0.493 e. The molecule has 21 heavy (non-hydrogen) atoms. The maximum absolute atomic E-state index is 5.59. The molecule has 2 aromatic carbocycles. The molecule has 1 aliphatic rings. The van der Waals surface area contributed by atoms with Crippen LogP contribution in [-0.2, 0) is 6.42 Å². The Morgan fingerprint density at radius 2 is 1.76 bits per heavy atom. The summed E-state index contributed by atoms with van der Waals surface area (Å²) >= 11 is 0. The van der Waals surface area contributed by atoms with Crippen molar-refractivity contribution in [2.24, 2.45) is 0 Å². The summed E-state index contributed by atoms with van der Waals surface area (Å²) in [6, 6.07) is 15.4. The van der Waals surface area contributed by atoms with Gasteiger partial charge in [0.05, 0.1) is 12.6 Å². The molecule has 0 radical (unpaired) electrons. The first-order valence-electron chi connectivity index (χ1n) is 7.39. The fourth-order valence-electron chi connectivity index (χ4n) is 2.88. The molecule has 1 aliphatic heterocycles. The SMILES string of the molecule is CNC(c1ccc(N(C)C)cc1)c1ccc2c(c1)CCO2. The number of benzene rings is 2. The Kier molecular flexibility index (Phi) is 3.84. The van der Waals surface area contributed by atoms with Crippen molar-refractivity contribution < 1.29 is 4.74 Å². The third kappa shape index (κ3) is 2.74. The molecule has 0 saturated carbocycles. The Hall–Kier alpha value is -2.00. The molecule has 0 bridgehead atoms. The van der Waals surface area contributed by atoms with Gasteiger partial charge < -0.3 is 15.0 Å². The minimum atomic E-state index is 0.215. The summed E-state index contributed by atoms with van der Waals surface area (Å²) in [5.74, 6) is 1.04. The highest BCUT2D eigenvalue weighted by molar-refractivity contribution is 5.49. The van der Waals surface area contributed by atoms with E-state index < -0.39 is 0 Å². The van der Waals surface area contributed by atoms with Gasteiger partial charge in [-0.05, 0) is 41.9 Å². The first kappa shape index (κ1) is 14.0. The third-order valence-electron chi connectivity index (χ3n) is 4.08. The molecular weight excluding hydrogens is 260 g/mol. The van der Waals surface area contributed by atoms with Gasteiger partial charge in [-0.15, -0.1) is 0 Å². The van der Waals surface area contributed by atoms with E-state index in [0.29, 0.717) is 0 Å². The van der Waals surface area contributed by atoms with Crippen molar-refractivity contribution in [3.8, 4) is 5.75 Å². The number of nitrogens with one attached hydrogen (secondary N) is 1. The highest BCUT2D eigenvalue weighted by Crippen LogP contribution is 2.31. The lowest BCUT2D eigenvalue weighted by Crippen LogP contribution is -2.18. The average molecular weight is 282 g/mol. The summed E-state index contributed by atoms with van der Waals surface area (Å²) in [5.41, 5.74) is 5.11. The molecule has 0 aromatic heterocycles. The Morgan fingerprint density at radius 1 is 1.05 bits per heavy atom. The van der Waals surface area contributed by atoms with Gasteiger partial charge in [-0.3, -0.25) is 0 Å². The van der Waals surface area contributed by atoms with Crippen LogP contribution in [0.25, 0.3) is 0 Å². The van der Waals surface area contributed by atoms with E-state index in [1.54, 1.807) is 0 Å². The summed E-state index contributed by atoms with van der Waals surface area (Å²) in [6.07, 6.45) is 1.01. The van der Waals surface area contributed by atoms with Crippen LogP contribution in [0.2, 0.25) is 0 Å². The van der Waals surface area contributed by atoms with Gasteiger partial charge in [0, 0.05) is 26.2 Å². The molecule has 3 heteroatoms. The zero-order valence-corrected chi connectivity index (χ0v) is 12.9. The minimum absolute atomic E-state index is 0.215. The molecule has 0 fully saturated rings. The lowest BCUT2D eigenvalue weighted by molar-refractivity contribution is 0.357. The number of hydrogen-bond donors (Lipinski definition) is 1. The molecule has 0 amide bonds. The van der Waals surface area contributed by atoms with Crippen molar-refractivity contribution in [3.63, 3.8) is 0 Å². The smallest absolute Gasteiger partial charge is 0.122 e. The van der Waals surface area contributed by atoms with Crippen molar-refractivity contribution in [3.05, 3.63) is 59.2 Å². The Bertz CT molecular complexity index is 620. The lowest BCUT2D eigenvalue weighted by atomic mass is 9.96. The second kappa shape index (κ2) is 5.78. The topological polar surface area (TPSA) is 24.5 Å². The Balaban J connectivity index is 1.90. The Labute approximate surface area is 126 Å². The molecule has 0 spiro atoms. The second-order valence-corrected chi connectivity index (χ2v) is 5.67. The van der Waals surface area contributed by atoms with Crippen LogP contribution in [0.1, 0.15) is 22.7 Å². The van der Waals surface area contributed by atoms with Gasteiger partial charge >= 0.3 is 0 Å². The van der Waals surface area contributed by atoms with Gasteiger partial charge in [0.2, 0.25) is 0 Å². The first-order chi connectivity index (χ1) is 10.2. The first-order valence-corrected chi connectivity index (χ1v) is 7.39. The zero-order valence-electron chi connectivity index (χ0n) is 12.9. The van der Waals surface area contributed by atoms with E-state index in [1.165, 1.54) is 22.4 Å². The van der Waals surface area contributed by atoms with Crippen LogP contribution >= 0.6 is 0 Å². The standard InChI is InChI=1S/C18H22N2O/c1-19-18(13-4-7-16(8-5-13)20(2)3)15-6-9-17-14(12-15)10-11-21-17/h4-9,12,18-19H,10-11H2,1-3H3. The molecule has 1 heterocycles. The quantitative estimate of drug-likeness (QED) is 0.933. The van der Waals surface area contributed by atoms with Crippen LogP contribution in [0.5, 0.6) is 5.75 Å². The molecule has 1 N–H and O–H groups in total. The molecule has 1 unspecified atom stereocenters. The van der Waals surface area contributed by atoms with Crippen molar-refractivity contribution in [1.82, 2.24) is 5.32 Å².